The van der Waals surface area contributed by atoms with Gasteiger partial charge in [-0.25, -0.2) is 4.99 Å². The SMILES string of the molecule is [O-][S+](c1ccc(-c2ccccc2Cl)cc1)N1CCN=C1N1CCN(C2CCC2)CC1. The van der Waals surface area contributed by atoms with E-state index in [1.165, 1.54) is 19.3 Å². The van der Waals surface area contributed by atoms with Gasteiger partial charge in [0.05, 0.1) is 13.1 Å². The minimum absolute atomic E-state index is 0.705. The number of hydrogen-bond donors (Lipinski definition) is 0. The molecule has 0 bridgehead atoms. The molecule has 2 heterocycles. The molecule has 1 saturated heterocycles. The number of piperazine rings is 1. The quantitative estimate of drug-likeness (QED) is 0.674. The van der Waals surface area contributed by atoms with Gasteiger partial charge in [0.2, 0.25) is 5.96 Å². The van der Waals surface area contributed by atoms with Crippen molar-refractivity contribution in [3.05, 3.63) is 53.6 Å². The molecule has 158 valence electrons. The smallest absolute Gasteiger partial charge is 0.240 e. The van der Waals surface area contributed by atoms with E-state index in [4.69, 9.17) is 16.6 Å². The van der Waals surface area contributed by atoms with E-state index in [1.807, 2.05) is 52.8 Å². The van der Waals surface area contributed by atoms with Gasteiger partial charge in [-0.3, -0.25) is 4.90 Å². The van der Waals surface area contributed by atoms with Gasteiger partial charge in [0, 0.05) is 42.8 Å². The Balaban J connectivity index is 1.26. The Morgan fingerprint density at radius 3 is 2.33 bits per heavy atom. The van der Waals surface area contributed by atoms with Crippen LogP contribution in [0.1, 0.15) is 19.3 Å². The highest BCUT2D eigenvalue weighted by molar-refractivity contribution is 7.89. The van der Waals surface area contributed by atoms with Crippen LogP contribution in [0, 0.1) is 0 Å². The highest BCUT2D eigenvalue weighted by atomic mass is 35.5. The molecule has 0 radical (unpaired) electrons. The molecule has 2 aromatic rings. The van der Waals surface area contributed by atoms with Crippen molar-refractivity contribution in [1.82, 2.24) is 14.1 Å². The highest BCUT2D eigenvalue weighted by Crippen LogP contribution is 2.30. The Bertz CT molecular complexity index is 910. The Kier molecular flexibility index (Phi) is 5.92. The van der Waals surface area contributed by atoms with Crippen molar-refractivity contribution < 1.29 is 4.55 Å². The Labute approximate surface area is 186 Å². The third-order valence-corrected chi connectivity index (χ3v) is 8.16. The van der Waals surface area contributed by atoms with Gasteiger partial charge in [-0.15, -0.1) is 0 Å². The van der Waals surface area contributed by atoms with E-state index in [2.05, 4.69) is 9.80 Å². The van der Waals surface area contributed by atoms with Gasteiger partial charge in [0.15, 0.2) is 4.90 Å². The number of benzene rings is 2. The van der Waals surface area contributed by atoms with Gasteiger partial charge in [-0.05, 0) is 48.7 Å². The Morgan fingerprint density at radius 2 is 1.67 bits per heavy atom. The van der Waals surface area contributed by atoms with Gasteiger partial charge in [0.1, 0.15) is 11.4 Å². The molecule has 1 unspecified atom stereocenters. The van der Waals surface area contributed by atoms with Crippen molar-refractivity contribution in [2.45, 2.75) is 30.2 Å². The summed E-state index contributed by atoms with van der Waals surface area (Å²) in [5.74, 6) is 0.900. The topological polar surface area (TPSA) is 45.1 Å². The second-order valence-corrected chi connectivity index (χ2v) is 9.96. The zero-order chi connectivity index (χ0) is 20.5. The second-order valence-electron chi connectivity index (χ2n) is 8.14. The molecule has 3 aliphatic rings. The third-order valence-electron chi connectivity index (χ3n) is 6.41. The third kappa shape index (κ3) is 3.94. The van der Waals surface area contributed by atoms with Gasteiger partial charge >= 0.3 is 0 Å². The molecular weight excluding hydrogens is 416 g/mol. The molecule has 0 amide bonds. The molecule has 5 rings (SSSR count). The number of guanidine groups is 1. The summed E-state index contributed by atoms with van der Waals surface area (Å²) >= 11 is 5.07. The van der Waals surface area contributed by atoms with Crippen molar-refractivity contribution in [2.24, 2.45) is 4.99 Å². The van der Waals surface area contributed by atoms with E-state index in [0.717, 1.165) is 59.2 Å². The molecule has 1 atom stereocenters. The Morgan fingerprint density at radius 1 is 0.933 bits per heavy atom. The van der Waals surface area contributed by atoms with Crippen LogP contribution in [0.5, 0.6) is 0 Å². The van der Waals surface area contributed by atoms with E-state index >= 15 is 0 Å². The normalized spacial score (nSPS) is 21.5. The summed E-state index contributed by atoms with van der Waals surface area (Å²) in [5, 5.41) is 0.723. The molecule has 0 spiro atoms. The number of rotatable bonds is 4. The maximum atomic E-state index is 13.3. The molecule has 7 heteroatoms. The van der Waals surface area contributed by atoms with Crippen molar-refractivity contribution in [1.29, 1.82) is 0 Å². The Hall–Kier alpha value is -1.73. The number of halogens is 1. The highest BCUT2D eigenvalue weighted by Gasteiger charge is 2.36. The zero-order valence-electron chi connectivity index (χ0n) is 17.0. The van der Waals surface area contributed by atoms with Crippen molar-refractivity contribution in [2.75, 3.05) is 39.3 Å². The largest absolute Gasteiger partial charge is 0.588 e. The minimum atomic E-state index is -1.25. The molecule has 0 N–H and O–H groups in total. The second kappa shape index (κ2) is 8.79. The summed E-state index contributed by atoms with van der Waals surface area (Å²) < 4.78 is 15.3. The van der Waals surface area contributed by atoms with E-state index in [9.17, 15) is 4.55 Å². The zero-order valence-corrected chi connectivity index (χ0v) is 18.6. The fourth-order valence-electron chi connectivity index (χ4n) is 4.45. The average Bonchev–Trinajstić information content (AvgIpc) is 3.23. The van der Waals surface area contributed by atoms with E-state index < -0.39 is 11.4 Å². The standard InChI is InChI=1S/C23H27ClN4OS/c24-22-7-2-1-6-21(22)18-8-10-20(11-9-18)30(29)28-13-12-25-23(28)27-16-14-26(15-17-27)19-4-3-5-19/h1-2,6-11,19H,3-5,12-17H2. The summed E-state index contributed by atoms with van der Waals surface area (Å²) in [6, 6.07) is 16.5. The van der Waals surface area contributed by atoms with E-state index in [1.54, 1.807) is 0 Å². The van der Waals surface area contributed by atoms with Crippen LogP contribution in [-0.4, -0.2) is 69.9 Å². The van der Waals surface area contributed by atoms with Crippen LogP contribution in [-0.2, 0) is 11.4 Å². The number of nitrogens with zero attached hydrogens (tertiary/aromatic N) is 4. The van der Waals surface area contributed by atoms with Gasteiger partial charge < -0.3 is 9.45 Å². The summed E-state index contributed by atoms with van der Waals surface area (Å²) in [7, 11) is 0. The molecule has 5 nitrogen and oxygen atoms in total. The van der Waals surface area contributed by atoms with Crippen LogP contribution in [0.15, 0.2) is 58.4 Å². The molecule has 2 aromatic carbocycles. The average molecular weight is 443 g/mol. The monoisotopic (exact) mass is 442 g/mol. The van der Waals surface area contributed by atoms with Gasteiger partial charge in [-0.1, -0.05) is 36.2 Å². The maximum Gasteiger partial charge on any atom is 0.240 e. The fraction of sp³-hybridized carbons (Fsp3) is 0.435. The lowest BCUT2D eigenvalue weighted by molar-refractivity contribution is 0.0833. The minimum Gasteiger partial charge on any atom is -0.588 e. The molecule has 2 aliphatic heterocycles. The summed E-state index contributed by atoms with van der Waals surface area (Å²) in [4.78, 5) is 10.4. The number of hydrogen-bond acceptors (Lipinski definition) is 5. The number of aliphatic imine (C=N–C) groups is 1. The van der Waals surface area contributed by atoms with E-state index in [-0.39, 0.29) is 0 Å². The van der Waals surface area contributed by atoms with Crippen molar-refractivity contribution in [3.8, 4) is 11.1 Å². The predicted octanol–water partition coefficient (Wildman–Crippen LogP) is 3.87. The molecule has 0 aromatic heterocycles. The first-order valence-corrected chi connectivity index (χ1v) is 12.3. The fourth-order valence-corrected chi connectivity index (χ4v) is 5.88. The first-order chi connectivity index (χ1) is 14.7. The summed E-state index contributed by atoms with van der Waals surface area (Å²) in [6.07, 6.45) is 4.07. The molecule has 1 aliphatic carbocycles. The molecule has 30 heavy (non-hydrogen) atoms. The lowest BCUT2D eigenvalue weighted by Crippen LogP contribution is -2.56. The van der Waals surface area contributed by atoms with Crippen LogP contribution in [0.25, 0.3) is 11.1 Å². The summed E-state index contributed by atoms with van der Waals surface area (Å²) in [6.45, 7) is 5.51. The van der Waals surface area contributed by atoms with Crippen LogP contribution in [0.4, 0.5) is 0 Å². The maximum absolute atomic E-state index is 13.3. The van der Waals surface area contributed by atoms with Gasteiger partial charge in [0.25, 0.3) is 0 Å². The van der Waals surface area contributed by atoms with Crippen molar-refractivity contribution in [3.63, 3.8) is 0 Å². The van der Waals surface area contributed by atoms with Crippen molar-refractivity contribution >= 4 is 28.9 Å². The first-order valence-electron chi connectivity index (χ1n) is 10.8. The van der Waals surface area contributed by atoms with Crippen LogP contribution < -0.4 is 0 Å². The van der Waals surface area contributed by atoms with Crippen LogP contribution in [0.2, 0.25) is 5.02 Å². The molecule has 1 saturated carbocycles. The predicted molar refractivity (Wildman–Crippen MR) is 123 cm³/mol. The van der Waals surface area contributed by atoms with Crippen LogP contribution >= 0.6 is 11.6 Å². The van der Waals surface area contributed by atoms with E-state index in [0.29, 0.717) is 13.1 Å². The van der Waals surface area contributed by atoms with Crippen LogP contribution in [0.3, 0.4) is 0 Å². The molecule has 2 fully saturated rings. The molecular formula is C23H27ClN4OS. The lowest BCUT2D eigenvalue weighted by atomic mass is 9.91. The lowest BCUT2D eigenvalue weighted by Gasteiger charge is -2.43. The summed E-state index contributed by atoms with van der Waals surface area (Å²) in [5.41, 5.74) is 2.02. The first kappa shape index (κ1) is 20.2. The van der Waals surface area contributed by atoms with Gasteiger partial charge in [-0.2, -0.15) is 4.31 Å².